The van der Waals surface area contributed by atoms with Gasteiger partial charge in [-0.1, -0.05) is 24.3 Å². The molecule has 0 aliphatic rings. The van der Waals surface area contributed by atoms with E-state index in [1.54, 1.807) is 37.3 Å². The van der Waals surface area contributed by atoms with E-state index in [2.05, 4.69) is 0 Å². The lowest BCUT2D eigenvalue weighted by atomic mass is 10.0. The minimum absolute atomic E-state index is 0.0316. The molecule has 2 aromatic carbocycles. The lowest BCUT2D eigenvalue weighted by molar-refractivity contribution is -0.385. The molecule has 0 saturated carbocycles. The van der Waals surface area contributed by atoms with Crippen molar-refractivity contribution in [2.75, 3.05) is 13.7 Å². The third-order valence-corrected chi connectivity index (χ3v) is 3.42. The summed E-state index contributed by atoms with van der Waals surface area (Å²) in [4.78, 5) is 22.3. The number of ether oxygens (including phenoxy) is 2. The van der Waals surface area contributed by atoms with Gasteiger partial charge in [0.1, 0.15) is 5.75 Å². The van der Waals surface area contributed by atoms with Crippen molar-refractivity contribution in [2.45, 2.75) is 6.92 Å². The van der Waals surface area contributed by atoms with Crippen molar-refractivity contribution in [3.05, 3.63) is 63.7 Å². The molecular weight excluding hydrogens is 326 g/mol. The number of benzene rings is 2. The smallest absolute Gasteiger partial charge is 0.336 e. The average Bonchev–Trinajstić information content (AvgIpc) is 2.60. The molecule has 0 atom stereocenters. The van der Waals surface area contributed by atoms with Crippen molar-refractivity contribution in [1.82, 2.24) is 0 Å². The number of hydrogen-bond donors (Lipinski definition) is 1. The number of hydrogen-bond acceptors (Lipinski definition) is 5. The Morgan fingerprint density at radius 3 is 2.56 bits per heavy atom. The van der Waals surface area contributed by atoms with Crippen LogP contribution in [0, 0.1) is 10.1 Å². The van der Waals surface area contributed by atoms with E-state index in [4.69, 9.17) is 9.47 Å². The van der Waals surface area contributed by atoms with Gasteiger partial charge < -0.3 is 14.6 Å². The highest BCUT2D eigenvalue weighted by molar-refractivity contribution is 6.21. The van der Waals surface area contributed by atoms with Crippen LogP contribution in [0.2, 0.25) is 0 Å². The fourth-order valence-corrected chi connectivity index (χ4v) is 2.33. The van der Waals surface area contributed by atoms with E-state index in [-0.39, 0.29) is 23.6 Å². The predicted molar refractivity (Wildman–Crippen MR) is 92.8 cm³/mol. The van der Waals surface area contributed by atoms with Crippen molar-refractivity contribution < 1.29 is 24.3 Å². The summed E-state index contributed by atoms with van der Waals surface area (Å²) >= 11 is 0. The molecule has 0 spiro atoms. The molecule has 0 fully saturated rings. The second-order valence-electron chi connectivity index (χ2n) is 4.98. The van der Waals surface area contributed by atoms with E-state index in [9.17, 15) is 20.0 Å². The second kappa shape index (κ2) is 7.96. The van der Waals surface area contributed by atoms with Crippen LogP contribution in [-0.2, 0) is 4.79 Å². The molecule has 2 rings (SSSR count). The minimum Gasteiger partial charge on any atom is -0.496 e. The van der Waals surface area contributed by atoms with E-state index in [1.165, 1.54) is 25.3 Å². The molecule has 0 aliphatic carbocycles. The number of nitro benzene ring substituents is 1. The van der Waals surface area contributed by atoms with Crippen molar-refractivity contribution >= 4 is 23.3 Å². The maximum atomic E-state index is 11.7. The normalized spacial score (nSPS) is 11.0. The zero-order valence-electron chi connectivity index (χ0n) is 13.8. The Bertz CT molecular complexity index is 828. The molecule has 0 unspecified atom stereocenters. The highest BCUT2D eigenvalue weighted by Gasteiger charge is 2.18. The molecule has 1 N–H and O–H groups in total. The lowest BCUT2D eigenvalue weighted by Gasteiger charge is -2.09. The van der Waals surface area contributed by atoms with Crippen molar-refractivity contribution in [1.29, 1.82) is 0 Å². The third kappa shape index (κ3) is 4.14. The van der Waals surface area contributed by atoms with Crippen LogP contribution < -0.4 is 9.47 Å². The van der Waals surface area contributed by atoms with E-state index < -0.39 is 10.9 Å². The first kappa shape index (κ1) is 18.0. The van der Waals surface area contributed by atoms with Crippen LogP contribution in [0.3, 0.4) is 0 Å². The van der Waals surface area contributed by atoms with Gasteiger partial charge in [0.15, 0.2) is 5.75 Å². The lowest BCUT2D eigenvalue weighted by Crippen LogP contribution is -2.02. The van der Waals surface area contributed by atoms with Crippen LogP contribution in [-0.4, -0.2) is 29.7 Å². The van der Waals surface area contributed by atoms with Crippen LogP contribution in [0.4, 0.5) is 5.69 Å². The summed E-state index contributed by atoms with van der Waals surface area (Å²) in [6, 6.07) is 11.0. The van der Waals surface area contributed by atoms with Gasteiger partial charge in [-0.3, -0.25) is 10.1 Å². The van der Waals surface area contributed by atoms with Crippen LogP contribution in [0.1, 0.15) is 18.1 Å². The summed E-state index contributed by atoms with van der Waals surface area (Å²) in [6.07, 6.45) is 1.36. The molecule has 0 heterocycles. The van der Waals surface area contributed by atoms with Gasteiger partial charge in [-0.05, 0) is 30.7 Å². The standard InChI is InChI=1S/C18H17NO6/c1-3-25-17-9-8-12(11-15(17)19(22)23)10-14(18(20)21)13-6-4-5-7-16(13)24-2/h4-11H,3H2,1-2H3,(H,20,21)/b14-10-. The monoisotopic (exact) mass is 343 g/mol. The van der Waals surface area contributed by atoms with Gasteiger partial charge >= 0.3 is 11.7 Å². The molecule has 0 saturated heterocycles. The molecule has 0 aliphatic heterocycles. The summed E-state index contributed by atoms with van der Waals surface area (Å²) in [5.41, 5.74) is 0.503. The Hall–Kier alpha value is -3.35. The first-order chi connectivity index (χ1) is 12.0. The van der Waals surface area contributed by atoms with Gasteiger partial charge in [0.25, 0.3) is 0 Å². The van der Waals surface area contributed by atoms with Gasteiger partial charge in [-0.2, -0.15) is 0 Å². The molecule has 0 aromatic heterocycles. The highest BCUT2D eigenvalue weighted by Crippen LogP contribution is 2.31. The Morgan fingerprint density at radius 2 is 1.96 bits per heavy atom. The van der Waals surface area contributed by atoms with Gasteiger partial charge in [-0.15, -0.1) is 0 Å². The third-order valence-electron chi connectivity index (χ3n) is 3.42. The summed E-state index contributed by atoms with van der Waals surface area (Å²) < 4.78 is 10.4. The molecule has 130 valence electrons. The second-order valence-corrected chi connectivity index (χ2v) is 4.98. The molecule has 7 heteroatoms. The van der Waals surface area contributed by atoms with Crippen molar-refractivity contribution in [2.24, 2.45) is 0 Å². The van der Waals surface area contributed by atoms with Crippen LogP contribution in [0.25, 0.3) is 11.6 Å². The summed E-state index contributed by atoms with van der Waals surface area (Å²) in [5.74, 6) is -0.628. The Morgan fingerprint density at radius 1 is 1.24 bits per heavy atom. The molecule has 2 aromatic rings. The maximum absolute atomic E-state index is 11.7. The number of nitrogens with zero attached hydrogens (tertiary/aromatic N) is 1. The molecule has 7 nitrogen and oxygen atoms in total. The number of carboxylic acids is 1. The van der Waals surface area contributed by atoms with Crippen LogP contribution in [0.5, 0.6) is 11.5 Å². The number of methoxy groups -OCH3 is 1. The number of aliphatic carboxylic acids is 1. The predicted octanol–water partition coefficient (Wildman–Crippen LogP) is 3.63. The fourth-order valence-electron chi connectivity index (χ4n) is 2.33. The number of carbonyl (C=O) groups is 1. The molecule has 0 radical (unpaired) electrons. The van der Waals surface area contributed by atoms with E-state index in [0.29, 0.717) is 16.9 Å². The first-order valence-corrected chi connectivity index (χ1v) is 7.47. The number of carboxylic acid groups (broad SMARTS) is 1. The first-order valence-electron chi connectivity index (χ1n) is 7.47. The highest BCUT2D eigenvalue weighted by atomic mass is 16.6. The largest absolute Gasteiger partial charge is 0.496 e. The zero-order chi connectivity index (χ0) is 18.4. The maximum Gasteiger partial charge on any atom is 0.336 e. The van der Waals surface area contributed by atoms with E-state index >= 15 is 0 Å². The topological polar surface area (TPSA) is 98.9 Å². The molecule has 0 bridgehead atoms. The Balaban J connectivity index is 2.56. The van der Waals surface area contributed by atoms with E-state index in [0.717, 1.165) is 0 Å². The summed E-state index contributed by atoms with van der Waals surface area (Å²) in [5, 5.41) is 20.8. The van der Waals surface area contributed by atoms with Crippen molar-refractivity contribution in [3.63, 3.8) is 0 Å². The Labute approximate surface area is 144 Å². The van der Waals surface area contributed by atoms with Crippen molar-refractivity contribution in [3.8, 4) is 11.5 Å². The van der Waals surface area contributed by atoms with Gasteiger partial charge in [-0.25, -0.2) is 4.79 Å². The van der Waals surface area contributed by atoms with Gasteiger partial charge in [0, 0.05) is 11.6 Å². The summed E-state index contributed by atoms with van der Waals surface area (Å²) in [7, 11) is 1.44. The number of para-hydroxylation sites is 1. The fraction of sp³-hybridized carbons (Fsp3) is 0.167. The molecule has 0 amide bonds. The summed E-state index contributed by atoms with van der Waals surface area (Å²) in [6.45, 7) is 2.01. The van der Waals surface area contributed by atoms with Crippen LogP contribution >= 0.6 is 0 Å². The zero-order valence-corrected chi connectivity index (χ0v) is 13.8. The number of rotatable bonds is 7. The van der Waals surface area contributed by atoms with E-state index in [1.807, 2.05) is 0 Å². The molecular formula is C18H17NO6. The molecule has 25 heavy (non-hydrogen) atoms. The van der Waals surface area contributed by atoms with Gasteiger partial charge in [0.2, 0.25) is 0 Å². The quantitative estimate of drug-likeness (QED) is 0.357. The number of nitro groups is 1. The average molecular weight is 343 g/mol. The SMILES string of the molecule is CCOc1ccc(/C=C(\C(=O)O)c2ccccc2OC)cc1[N+](=O)[O-]. The van der Waals surface area contributed by atoms with Gasteiger partial charge in [0.05, 0.1) is 24.2 Å². The minimum atomic E-state index is -1.17. The Kier molecular flexibility index (Phi) is 5.73. The van der Waals surface area contributed by atoms with Crippen LogP contribution in [0.15, 0.2) is 42.5 Å².